The monoisotopic (exact) mass is 250 g/mol. The molecule has 1 aliphatic heterocycles. The van der Waals surface area contributed by atoms with E-state index in [0.717, 1.165) is 43.7 Å². The quantitative estimate of drug-likeness (QED) is 0.883. The van der Waals surface area contributed by atoms with Gasteiger partial charge in [0.25, 0.3) is 0 Å². The summed E-state index contributed by atoms with van der Waals surface area (Å²) in [4.78, 5) is 2.31. The first-order valence-corrected chi connectivity index (χ1v) is 6.95. The molecule has 1 aliphatic rings. The number of piperidine rings is 1. The van der Waals surface area contributed by atoms with Crippen molar-refractivity contribution in [2.24, 2.45) is 0 Å². The van der Waals surface area contributed by atoms with Crippen LogP contribution in [0.15, 0.2) is 18.2 Å². The van der Waals surface area contributed by atoms with Crippen molar-refractivity contribution in [1.29, 1.82) is 0 Å². The third kappa shape index (κ3) is 3.22. The lowest BCUT2D eigenvalue weighted by molar-refractivity contribution is 0.415. The Labute approximate surface area is 109 Å². The van der Waals surface area contributed by atoms with Gasteiger partial charge < -0.3 is 10.2 Å². The molecule has 0 unspecified atom stereocenters. The molecule has 0 aromatic heterocycles. The van der Waals surface area contributed by atoms with E-state index in [1.165, 1.54) is 12.5 Å². The Balaban J connectivity index is 1.94. The van der Waals surface area contributed by atoms with Gasteiger partial charge in [0.2, 0.25) is 0 Å². The molecule has 0 aliphatic carbocycles. The number of nitrogens with zero attached hydrogens (tertiary/aromatic N) is 1. The molecule has 18 heavy (non-hydrogen) atoms. The van der Waals surface area contributed by atoms with Gasteiger partial charge in [0.1, 0.15) is 5.82 Å². The van der Waals surface area contributed by atoms with Crippen LogP contribution in [-0.2, 0) is 0 Å². The van der Waals surface area contributed by atoms with E-state index in [1.807, 2.05) is 6.07 Å². The van der Waals surface area contributed by atoms with Crippen molar-refractivity contribution in [2.75, 3.05) is 24.5 Å². The summed E-state index contributed by atoms with van der Waals surface area (Å²) in [5.74, 6) is -0.137. The summed E-state index contributed by atoms with van der Waals surface area (Å²) < 4.78 is 13.3. The predicted molar refractivity (Wildman–Crippen MR) is 74.7 cm³/mol. The highest BCUT2D eigenvalue weighted by atomic mass is 19.1. The molecule has 0 saturated carbocycles. The lowest BCUT2D eigenvalue weighted by Crippen LogP contribution is -2.43. The average molecular weight is 250 g/mol. The Morgan fingerprint density at radius 2 is 2.06 bits per heavy atom. The van der Waals surface area contributed by atoms with Gasteiger partial charge in [-0.3, -0.25) is 0 Å². The number of anilines is 1. The molecule has 0 spiro atoms. The van der Waals surface area contributed by atoms with Crippen molar-refractivity contribution in [1.82, 2.24) is 5.32 Å². The van der Waals surface area contributed by atoms with Crippen LogP contribution in [0.4, 0.5) is 10.1 Å². The summed E-state index contributed by atoms with van der Waals surface area (Å²) in [5.41, 5.74) is 2.22. The van der Waals surface area contributed by atoms with Gasteiger partial charge in [-0.1, -0.05) is 13.0 Å². The molecular weight excluding hydrogens is 227 g/mol. The van der Waals surface area contributed by atoms with E-state index in [-0.39, 0.29) is 5.82 Å². The smallest absolute Gasteiger partial charge is 0.125 e. The molecule has 100 valence electrons. The molecule has 1 saturated heterocycles. The van der Waals surface area contributed by atoms with Crippen molar-refractivity contribution < 1.29 is 4.39 Å². The fraction of sp³-hybridized carbons (Fsp3) is 0.600. The van der Waals surface area contributed by atoms with Gasteiger partial charge >= 0.3 is 0 Å². The summed E-state index contributed by atoms with van der Waals surface area (Å²) in [6.07, 6.45) is 3.48. The number of aryl methyl sites for hydroxylation is 1. The van der Waals surface area contributed by atoms with E-state index in [9.17, 15) is 4.39 Å². The highest BCUT2D eigenvalue weighted by molar-refractivity contribution is 5.53. The molecule has 0 atom stereocenters. The second-order valence-electron chi connectivity index (χ2n) is 5.15. The molecule has 0 bridgehead atoms. The highest BCUT2D eigenvalue weighted by Gasteiger charge is 2.19. The fourth-order valence-electron chi connectivity index (χ4n) is 2.60. The minimum atomic E-state index is -0.137. The number of hydrogen-bond donors (Lipinski definition) is 1. The maximum absolute atomic E-state index is 13.3. The van der Waals surface area contributed by atoms with Gasteiger partial charge in [-0.05, 0) is 50.4 Å². The van der Waals surface area contributed by atoms with Crippen molar-refractivity contribution in [3.05, 3.63) is 29.6 Å². The maximum Gasteiger partial charge on any atom is 0.125 e. The van der Waals surface area contributed by atoms with Crippen LogP contribution in [0.3, 0.4) is 0 Å². The standard InChI is InChI=1S/C15H23FN2/c1-3-8-17-14-6-9-18(10-7-14)15-11-13(16)5-4-12(15)2/h4-5,11,14,17H,3,6-10H2,1-2H3. The first-order valence-electron chi connectivity index (χ1n) is 6.95. The Hall–Kier alpha value is -1.09. The van der Waals surface area contributed by atoms with Gasteiger partial charge in [-0.15, -0.1) is 0 Å². The third-order valence-corrected chi connectivity index (χ3v) is 3.69. The number of rotatable bonds is 4. The second-order valence-corrected chi connectivity index (χ2v) is 5.15. The van der Waals surface area contributed by atoms with E-state index in [2.05, 4.69) is 24.1 Å². The van der Waals surface area contributed by atoms with Crippen LogP contribution in [0, 0.1) is 12.7 Å². The van der Waals surface area contributed by atoms with Crippen LogP contribution in [-0.4, -0.2) is 25.7 Å². The molecule has 2 nitrogen and oxygen atoms in total. The third-order valence-electron chi connectivity index (χ3n) is 3.69. The zero-order valence-corrected chi connectivity index (χ0v) is 11.4. The molecular formula is C15H23FN2. The van der Waals surface area contributed by atoms with E-state index in [0.29, 0.717) is 6.04 Å². The Morgan fingerprint density at radius 3 is 2.72 bits per heavy atom. The van der Waals surface area contributed by atoms with Crippen LogP contribution in [0.5, 0.6) is 0 Å². The van der Waals surface area contributed by atoms with Crippen molar-refractivity contribution in [2.45, 2.75) is 39.2 Å². The lowest BCUT2D eigenvalue weighted by atomic mass is 10.0. The van der Waals surface area contributed by atoms with E-state index >= 15 is 0 Å². The van der Waals surface area contributed by atoms with Crippen LogP contribution in [0.1, 0.15) is 31.7 Å². The SMILES string of the molecule is CCCNC1CCN(c2cc(F)ccc2C)CC1. The van der Waals surface area contributed by atoms with Gasteiger partial charge in [0.05, 0.1) is 0 Å². The minimum Gasteiger partial charge on any atom is -0.371 e. The molecule has 2 rings (SSSR count). The summed E-state index contributed by atoms with van der Waals surface area (Å²) in [6.45, 7) is 7.38. The maximum atomic E-state index is 13.3. The molecule has 0 amide bonds. The van der Waals surface area contributed by atoms with Crippen molar-refractivity contribution >= 4 is 5.69 Å². The molecule has 1 heterocycles. The van der Waals surface area contributed by atoms with Crippen LogP contribution in [0.25, 0.3) is 0 Å². The van der Waals surface area contributed by atoms with Gasteiger partial charge in [0, 0.05) is 24.8 Å². The molecule has 1 fully saturated rings. The number of nitrogens with one attached hydrogen (secondary N) is 1. The Kier molecular flexibility index (Phi) is 4.59. The minimum absolute atomic E-state index is 0.137. The normalized spacial score (nSPS) is 17.2. The van der Waals surface area contributed by atoms with Crippen molar-refractivity contribution in [3.63, 3.8) is 0 Å². The first kappa shape index (κ1) is 13.3. The molecule has 1 aromatic carbocycles. The first-order chi connectivity index (χ1) is 8.70. The number of benzene rings is 1. The highest BCUT2D eigenvalue weighted by Crippen LogP contribution is 2.24. The molecule has 3 heteroatoms. The summed E-state index contributed by atoms with van der Waals surface area (Å²) >= 11 is 0. The summed E-state index contributed by atoms with van der Waals surface area (Å²) in [6, 6.07) is 5.70. The molecule has 1 aromatic rings. The molecule has 1 N–H and O–H groups in total. The van der Waals surface area contributed by atoms with Crippen LogP contribution < -0.4 is 10.2 Å². The van der Waals surface area contributed by atoms with E-state index in [4.69, 9.17) is 0 Å². The van der Waals surface area contributed by atoms with Crippen molar-refractivity contribution in [3.8, 4) is 0 Å². The summed E-state index contributed by atoms with van der Waals surface area (Å²) in [7, 11) is 0. The van der Waals surface area contributed by atoms with Gasteiger partial charge in [-0.2, -0.15) is 0 Å². The second kappa shape index (κ2) is 6.19. The number of halogens is 1. The number of hydrogen-bond acceptors (Lipinski definition) is 2. The zero-order chi connectivity index (χ0) is 13.0. The van der Waals surface area contributed by atoms with Crippen LogP contribution in [0.2, 0.25) is 0 Å². The van der Waals surface area contributed by atoms with E-state index in [1.54, 1.807) is 6.07 Å². The fourth-order valence-corrected chi connectivity index (χ4v) is 2.60. The van der Waals surface area contributed by atoms with E-state index < -0.39 is 0 Å². The predicted octanol–water partition coefficient (Wildman–Crippen LogP) is 3.10. The Bertz CT molecular complexity index is 384. The lowest BCUT2D eigenvalue weighted by Gasteiger charge is -2.35. The van der Waals surface area contributed by atoms with Gasteiger partial charge in [0.15, 0.2) is 0 Å². The molecule has 0 radical (unpaired) electrons. The Morgan fingerprint density at radius 1 is 1.33 bits per heavy atom. The summed E-state index contributed by atoms with van der Waals surface area (Å²) in [5, 5.41) is 3.57. The van der Waals surface area contributed by atoms with Crippen LogP contribution >= 0.6 is 0 Å². The average Bonchev–Trinajstić information content (AvgIpc) is 2.40. The topological polar surface area (TPSA) is 15.3 Å². The largest absolute Gasteiger partial charge is 0.371 e. The zero-order valence-electron chi connectivity index (χ0n) is 11.4. The van der Waals surface area contributed by atoms with Gasteiger partial charge in [-0.25, -0.2) is 4.39 Å².